The van der Waals surface area contributed by atoms with Crippen LogP contribution in [0, 0.1) is 11.8 Å². The van der Waals surface area contributed by atoms with Crippen LogP contribution in [0.25, 0.3) is 0 Å². The molecule has 0 aromatic heterocycles. The molecule has 0 saturated heterocycles. The predicted molar refractivity (Wildman–Crippen MR) is 45.2 cm³/mol. The van der Waals surface area contributed by atoms with Gasteiger partial charge in [-0.25, -0.2) is 0 Å². The van der Waals surface area contributed by atoms with Gasteiger partial charge < -0.3 is 5.11 Å². The first kappa shape index (κ1) is 7.35. The molecule has 3 aliphatic rings. The summed E-state index contributed by atoms with van der Waals surface area (Å²) in [6.45, 7) is 2.09. The van der Waals surface area contributed by atoms with Crippen LogP contribution < -0.4 is 0 Å². The molecule has 62 valence electrons. The lowest BCUT2D eigenvalue weighted by Crippen LogP contribution is -2.44. The van der Waals surface area contributed by atoms with Crippen molar-refractivity contribution < 1.29 is 5.11 Å². The van der Waals surface area contributed by atoms with Crippen LogP contribution in [0.4, 0.5) is 0 Å². The third-order valence-electron chi connectivity index (χ3n) is 3.38. The van der Waals surface area contributed by atoms with E-state index in [0.717, 1.165) is 12.8 Å². The largest absolute Gasteiger partial charge is 0.389 e. The standard InChI is InChI=1S/C10H16O/c1-2-10(11)7-8-3-5-9(10)6-4-8/h3,5,8-9,11H,2,4,6-7H2,1H3/t8-,9+,10-/m0/s1. The van der Waals surface area contributed by atoms with Crippen LogP contribution in [0.15, 0.2) is 12.2 Å². The Balaban J connectivity index is 2.23. The highest BCUT2D eigenvalue weighted by Crippen LogP contribution is 2.44. The summed E-state index contributed by atoms with van der Waals surface area (Å²) in [6.07, 6.45) is 8.93. The van der Waals surface area contributed by atoms with Gasteiger partial charge in [0.1, 0.15) is 0 Å². The molecule has 3 aliphatic carbocycles. The molecule has 0 aromatic carbocycles. The second-order valence-corrected chi connectivity index (χ2v) is 3.99. The van der Waals surface area contributed by atoms with Crippen molar-refractivity contribution in [1.82, 2.24) is 0 Å². The highest BCUT2D eigenvalue weighted by Gasteiger charge is 2.41. The molecule has 0 heterocycles. The maximum atomic E-state index is 10.1. The molecule has 0 unspecified atom stereocenters. The summed E-state index contributed by atoms with van der Waals surface area (Å²) in [7, 11) is 0. The van der Waals surface area contributed by atoms with Crippen LogP contribution in [-0.2, 0) is 0 Å². The molecule has 0 radical (unpaired) electrons. The molecular weight excluding hydrogens is 136 g/mol. The van der Waals surface area contributed by atoms with E-state index < -0.39 is 0 Å². The molecule has 3 atom stereocenters. The summed E-state index contributed by atoms with van der Waals surface area (Å²) in [5.74, 6) is 1.13. The van der Waals surface area contributed by atoms with Gasteiger partial charge in [0.25, 0.3) is 0 Å². The monoisotopic (exact) mass is 152 g/mol. The summed E-state index contributed by atoms with van der Waals surface area (Å²) in [6, 6.07) is 0. The highest BCUT2D eigenvalue weighted by atomic mass is 16.3. The second kappa shape index (κ2) is 2.34. The smallest absolute Gasteiger partial charge is 0.0713 e. The number of fused-ring (bicyclic) bond motifs is 2. The SMILES string of the molecule is CC[C@]1(O)C[C@H]2C=C[C@@H]1CC2. The zero-order chi connectivity index (χ0) is 7.90. The van der Waals surface area contributed by atoms with Gasteiger partial charge >= 0.3 is 0 Å². The first-order valence-electron chi connectivity index (χ1n) is 4.65. The molecule has 3 rings (SSSR count). The Morgan fingerprint density at radius 3 is 2.55 bits per heavy atom. The van der Waals surface area contributed by atoms with Crippen molar-refractivity contribution in [2.24, 2.45) is 11.8 Å². The molecule has 1 heteroatoms. The Labute approximate surface area is 68.1 Å². The van der Waals surface area contributed by atoms with E-state index in [-0.39, 0.29) is 5.60 Å². The third kappa shape index (κ3) is 1.02. The molecular formula is C10H16O. The average molecular weight is 152 g/mol. The van der Waals surface area contributed by atoms with Gasteiger partial charge in [-0.2, -0.15) is 0 Å². The number of aliphatic hydroxyl groups is 1. The van der Waals surface area contributed by atoms with Crippen molar-refractivity contribution in [3.05, 3.63) is 12.2 Å². The van der Waals surface area contributed by atoms with Gasteiger partial charge in [-0.15, -0.1) is 0 Å². The normalized spacial score (nSPS) is 48.2. The maximum absolute atomic E-state index is 10.1. The van der Waals surface area contributed by atoms with E-state index >= 15 is 0 Å². The van der Waals surface area contributed by atoms with Crippen molar-refractivity contribution in [2.75, 3.05) is 0 Å². The number of hydrogen-bond donors (Lipinski definition) is 1. The highest BCUT2D eigenvalue weighted by molar-refractivity contribution is 5.12. The van der Waals surface area contributed by atoms with Gasteiger partial charge in [-0.05, 0) is 31.6 Å². The van der Waals surface area contributed by atoms with Gasteiger partial charge in [-0.1, -0.05) is 19.1 Å². The van der Waals surface area contributed by atoms with E-state index in [1.54, 1.807) is 0 Å². The molecule has 0 aliphatic heterocycles. The quantitative estimate of drug-likeness (QED) is 0.570. The average Bonchev–Trinajstić information content (AvgIpc) is 2.06. The lowest BCUT2D eigenvalue weighted by atomic mass is 9.65. The first-order valence-corrected chi connectivity index (χ1v) is 4.65. The fraction of sp³-hybridized carbons (Fsp3) is 0.800. The van der Waals surface area contributed by atoms with E-state index in [2.05, 4.69) is 19.1 Å². The number of rotatable bonds is 1. The second-order valence-electron chi connectivity index (χ2n) is 3.99. The van der Waals surface area contributed by atoms with E-state index in [0.29, 0.717) is 11.8 Å². The molecule has 1 fully saturated rings. The molecule has 0 amide bonds. The van der Waals surface area contributed by atoms with Crippen molar-refractivity contribution in [3.63, 3.8) is 0 Å². The lowest BCUT2D eigenvalue weighted by molar-refractivity contribution is -0.0519. The minimum Gasteiger partial charge on any atom is -0.389 e. The summed E-state index contributed by atoms with van der Waals surface area (Å²) in [4.78, 5) is 0. The predicted octanol–water partition coefficient (Wildman–Crippen LogP) is 2.11. The van der Waals surface area contributed by atoms with Crippen LogP contribution in [-0.4, -0.2) is 10.7 Å². The topological polar surface area (TPSA) is 20.2 Å². The Kier molecular flexibility index (Phi) is 1.57. The zero-order valence-electron chi connectivity index (χ0n) is 7.09. The lowest BCUT2D eigenvalue weighted by Gasteiger charge is -2.44. The molecule has 1 N–H and O–H groups in total. The van der Waals surface area contributed by atoms with Crippen molar-refractivity contribution >= 4 is 0 Å². The van der Waals surface area contributed by atoms with Gasteiger partial charge in [0.2, 0.25) is 0 Å². The minimum atomic E-state index is -0.350. The van der Waals surface area contributed by atoms with Crippen LogP contribution >= 0.6 is 0 Å². The Hall–Kier alpha value is -0.300. The number of allylic oxidation sites excluding steroid dienone is 1. The molecule has 0 aromatic rings. The van der Waals surface area contributed by atoms with Crippen LogP contribution in [0.2, 0.25) is 0 Å². The van der Waals surface area contributed by atoms with Gasteiger partial charge in [0.05, 0.1) is 5.60 Å². The minimum absolute atomic E-state index is 0.350. The van der Waals surface area contributed by atoms with Crippen LogP contribution in [0.5, 0.6) is 0 Å². The fourth-order valence-electron chi connectivity index (χ4n) is 2.51. The van der Waals surface area contributed by atoms with E-state index in [1.807, 2.05) is 0 Å². The van der Waals surface area contributed by atoms with Gasteiger partial charge in [0.15, 0.2) is 0 Å². The summed E-state index contributed by atoms with van der Waals surface area (Å²) in [5.41, 5.74) is -0.350. The van der Waals surface area contributed by atoms with Crippen molar-refractivity contribution in [3.8, 4) is 0 Å². The Morgan fingerprint density at radius 2 is 2.27 bits per heavy atom. The fourth-order valence-corrected chi connectivity index (χ4v) is 2.51. The zero-order valence-corrected chi connectivity index (χ0v) is 7.09. The number of hydrogen-bond acceptors (Lipinski definition) is 1. The van der Waals surface area contributed by atoms with Gasteiger partial charge in [0, 0.05) is 5.92 Å². The molecule has 1 nitrogen and oxygen atoms in total. The molecule has 2 bridgehead atoms. The Morgan fingerprint density at radius 1 is 1.45 bits per heavy atom. The Bertz CT molecular complexity index is 185. The van der Waals surface area contributed by atoms with Crippen molar-refractivity contribution in [1.29, 1.82) is 0 Å². The maximum Gasteiger partial charge on any atom is 0.0713 e. The van der Waals surface area contributed by atoms with Crippen molar-refractivity contribution in [2.45, 2.75) is 38.2 Å². The van der Waals surface area contributed by atoms with E-state index in [4.69, 9.17) is 0 Å². The first-order chi connectivity index (χ1) is 5.24. The molecule has 0 spiro atoms. The summed E-state index contributed by atoms with van der Waals surface area (Å²) in [5, 5.41) is 10.1. The van der Waals surface area contributed by atoms with Crippen LogP contribution in [0.1, 0.15) is 32.6 Å². The molecule has 11 heavy (non-hydrogen) atoms. The third-order valence-corrected chi connectivity index (χ3v) is 3.38. The van der Waals surface area contributed by atoms with Gasteiger partial charge in [-0.3, -0.25) is 0 Å². The van der Waals surface area contributed by atoms with E-state index in [9.17, 15) is 5.11 Å². The summed E-state index contributed by atoms with van der Waals surface area (Å²) < 4.78 is 0. The summed E-state index contributed by atoms with van der Waals surface area (Å²) >= 11 is 0. The van der Waals surface area contributed by atoms with Crippen LogP contribution in [0.3, 0.4) is 0 Å². The molecule has 1 saturated carbocycles. The van der Waals surface area contributed by atoms with E-state index in [1.165, 1.54) is 12.8 Å².